The van der Waals surface area contributed by atoms with Crippen LogP contribution in [0.3, 0.4) is 0 Å². The maximum atomic E-state index is 6.07. The van der Waals surface area contributed by atoms with E-state index >= 15 is 0 Å². The first kappa shape index (κ1) is 13.5. The van der Waals surface area contributed by atoms with Gasteiger partial charge in [-0.05, 0) is 31.0 Å². The quantitative estimate of drug-likeness (QED) is 0.889. The van der Waals surface area contributed by atoms with E-state index in [2.05, 4.69) is 10.4 Å². The van der Waals surface area contributed by atoms with Gasteiger partial charge in [-0.3, -0.25) is 4.68 Å². The molecule has 0 bridgehead atoms. The molecule has 5 heteroatoms. The van der Waals surface area contributed by atoms with Gasteiger partial charge in [0, 0.05) is 42.0 Å². The topological polar surface area (TPSA) is 39.1 Å². The number of hydrogen-bond donors (Lipinski definition) is 1. The van der Waals surface area contributed by atoms with Crippen molar-refractivity contribution in [2.45, 2.75) is 32.0 Å². The van der Waals surface area contributed by atoms with Crippen LogP contribution in [0.15, 0.2) is 30.6 Å². The maximum Gasteiger partial charge on any atom is 0.124 e. The molecular formula is C15H18ClN3O. The number of nitrogens with zero attached hydrogens (tertiary/aromatic N) is 2. The lowest BCUT2D eigenvalue weighted by molar-refractivity contribution is 0.302. The molecule has 4 nitrogen and oxygen atoms in total. The Kier molecular flexibility index (Phi) is 3.94. The Balaban J connectivity index is 1.66. The van der Waals surface area contributed by atoms with E-state index in [0.717, 1.165) is 28.4 Å². The number of aryl methyl sites for hydroxylation is 1. The molecule has 1 heterocycles. The molecule has 20 heavy (non-hydrogen) atoms. The Labute approximate surface area is 123 Å². The fourth-order valence-corrected chi connectivity index (χ4v) is 2.27. The van der Waals surface area contributed by atoms with Crippen molar-refractivity contribution in [3.63, 3.8) is 0 Å². The second-order valence-corrected chi connectivity index (χ2v) is 5.65. The summed E-state index contributed by atoms with van der Waals surface area (Å²) in [5.41, 5.74) is 2.16. The minimum Gasteiger partial charge on any atom is -0.488 e. The summed E-state index contributed by atoms with van der Waals surface area (Å²) in [6.45, 7) is 1.32. The van der Waals surface area contributed by atoms with Crippen LogP contribution < -0.4 is 10.1 Å². The number of aromatic nitrogens is 2. The predicted molar refractivity (Wildman–Crippen MR) is 78.9 cm³/mol. The lowest BCUT2D eigenvalue weighted by Gasteiger charge is -2.12. The molecule has 0 saturated heterocycles. The highest BCUT2D eigenvalue weighted by molar-refractivity contribution is 6.30. The van der Waals surface area contributed by atoms with Gasteiger partial charge in [0.2, 0.25) is 0 Å². The number of nitrogens with one attached hydrogen (secondary N) is 1. The van der Waals surface area contributed by atoms with Gasteiger partial charge < -0.3 is 10.1 Å². The summed E-state index contributed by atoms with van der Waals surface area (Å²) in [4.78, 5) is 0. The van der Waals surface area contributed by atoms with Gasteiger partial charge in [-0.15, -0.1) is 0 Å². The first-order valence-electron chi connectivity index (χ1n) is 6.83. The van der Waals surface area contributed by atoms with E-state index < -0.39 is 0 Å². The summed E-state index contributed by atoms with van der Waals surface area (Å²) >= 11 is 6.07. The van der Waals surface area contributed by atoms with Gasteiger partial charge in [0.1, 0.15) is 12.4 Å². The van der Waals surface area contributed by atoms with Crippen molar-refractivity contribution in [1.82, 2.24) is 15.1 Å². The van der Waals surface area contributed by atoms with Gasteiger partial charge in [-0.2, -0.15) is 5.10 Å². The van der Waals surface area contributed by atoms with Crippen LogP contribution in [0.1, 0.15) is 24.0 Å². The second-order valence-electron chi connectivity index (χ2n) is 5.22. The van der Waals surface area contributed by atoms with Crippen molar-refractivity contribution in [3.05, 3.63) is 46.7 Å². The Morgan fingerprint density at radius 3 is 3.00 bits per heavy atom. The summed E-state index contributed by atoms with van der Waals surface area (Å²) in [7, 11) is 1.90. The first-order chi connectivity index (χ1) is 9.70. The van der Waals surface area contributed by atoms with Crippen LogP contribution in [0.25, 0.3) is 0 Å². The fraction of sp³-hybridized carbons (Fsp3) is 0.400. The van der Waals surface area contributed by atoms with E-state index in [1.54, 1.807) is 4.68 Å². The molecule has 0 aliphatic heterocycles. The van der Waals surface area contributed by atoms with Crippen LogP contribution in [-0.2, 0) is 20.2 Å². The molecule has 1 N–H and O–H groups in total. The molecule has 1 aliphatic rings. The fourth-order valence-electron chi connectivity index (χ4n) is 2.08. The Morgan fingerprint density at radius 1 is 1.45 bits per heavy atom. The SMILES string of the molecule is Cn1cc(COc2ccc(Cl)cc2CNC2CC2)cn1. The van der Waals surface area contributed by atoms with Gasteiger partial charge >= 0.3 is 0 Å². The van der Waals surface area contributed by atoms with E-state index in [-0.39, 0.29) is 0 Å². The van der Waals surface area contributed by atoms with Gasteiger partial charge in [0.15, 0.2) is 0 Å². The highest BCUT2D eigenvalue weighted by atomic mass is 35.5. The van der Waals surface area contributed by atoms with Crippen LogP contribution in [0.5, 0.6) is 5.75 Å². The number of hydrogen-bond acceptors (Lipinski definition) is 3. The van der Waals surface area contributed by atoms with E-state index in [1.165, 1.54) is 12.8 Å². The zero-order chi connectivity index (χ0) is 13.9. The molecule has 3 rings (SSSR count). The Bertz CT molecular complexity index is 593. The van der Waals surface area contributed by atoms with Gasteiger partial charge in [0.05, 0.1) is 6.20 Å². The maximum absolute atomic E-state index is 6.07. The van der Waals surface area contributed by atoms with Gasteiger partial charge in [-0.25, -0.2) is 0 Å². The normalized spacial score (nSPS) is 14.5. The largest absolute Gasteiger partial charge is 0.488 e. The van der Waals surface area contributed by atoms with Crippen molar-refractivity contribution < 1.29 is 4.74 Å². The van der Waals surface area contributed by atoms with Gasteiger partial charge in [-0.1, -0.05) is 11.6 Å². The Hall–Kier alpha value is -1.52. The number of rotatable bonds is 6. The lowest BCUT2D eigenvalue weighted by Crippen LogP contribution is -2.16. The van der Waals surface area contributed by atoms with E-state index in [4.69, 9.17) is 16.3 Å². The third kappa shape index (κ3) is 3.52. The molecule has 106 valence electrons. The summed E-state index contributed by atoms with van der Waals surface area (Å²) in [6.07, 6.45) is 6.31. The zero-order valence-electron chi connectivity index (χ0n) is 11.5. The first-order valence-corrected chi connectivity index (χ1v) is 7.20. The van der Waals surface area contributed by atoms with Crippen LogP contribution in [0, 0.1) is 0 Å². The summed E-state index contributed by atoms with van der Waals surface area (Å²) in [6, 6.07) is 6.43. The van der Waals surface area contributed by atoms with Crippen LogP contribution in [0.2, 0.25) is 5.02 Å². The third-order valence-corrected chi connectivity index (χ3v) is 3.57. The molecule has 0 radical (unpaired) electrons. The average Bonchev–Trinajstić information content (AvgIpc) is 3.17. The van der Waals surface area contributed by atoms with Crippen molar-refractivity contribution in [2.75, 3.05) is 0 Å². The number of halogens is 1. The Morgan fingerprint density at radius 2 is 2.30 bits per heavy atom. The van der Waals surface area contributed by atoms with E-state index in [0.29, 0.717) is 12.6 Å². The standard InChI is InChI=1S/C15H18ClN3O/c1-19-9-11(7-18-19)10-20-15-5-2-13(16)6-12(15)8-17-14-3-4-14/h2,5-7,9,14,17H,3-4,8,10H2,1H3. The van der Waals surface area contributed by atoms with Crippen molar-refractivity contribution in [3.8, 4) is 5.75 Å². The van der Waals surface area contributed by atoms with Crippen molar-refractivity contribution in [1.29, 1.82) is 0 Å². The minimum atomic E-state index is 0.520. The molecule has 1 aliphatic carbocycles. The van der Waals surface area contributed by atoms with Crippen molar-refractivity contribution >= 4 is 11.6 Å². The molecule has 1 aromatic carbocycles. The highest BCUT2D eigenvalue weighted by Crippen LogP contribution is 2.26. The van der Waals surface area contributed by atoms with Gasteiger partial charge in [0.25, 0.3) is 0 Å². The minimum absolute atomic E-state index is 0.520. The van der Waals surface area contributed by atoms with E-state index in [9.17, 15) is 0 Å². The molecular weight excluding hydrogens is 274 g/mol. The third-order valence-electron chi connectivity index (χ3n) is 3.33. The van der Waals surface area contributed by atoms with Crippen molar-refractivity contribution in [2.24, 2.45) is 7.05 Å². The van der Waals surface area contributed by atoms with Crippen LogP contribution >= 0.6 is 11.6 Å². The lowest BCUT2D eigenvalue weighted by atomic mass is 10.2. The number of ether oxygens (including phenoxy) is 1. The summed E-state index contributed by atoms with van der Waals surface area (Å²) in [5, 5.41) is 8.37. The molecule has 1 aromatic heterocycles. The second kappa shape index (κ2) is 5.85. The molecule has 0 unspecified atom stereocenters. The summed E-state index contributed by atoms with van der Waals surface area (Å²) < 4.78 is 7.67. The highest BCUT2D eigenvalue weighted by Gasteiger charge is 2.20. The molecule has 0 atom stereocenters. The molecule has 2 aromatic rings. The number of benzene rings is 1. The molecule has 0 spiro atoms. The summed E-state index contributed by atoms with van der Waals surface area (Å²) in [5.74, 6) is 0.881. The smallest absolute Gasteiger partial charge is 0.124 e. The molecule has 0 amide bonds. The monoisotopic (exact) mass is 291 g/mol. The van der Waals surface area contributed by atoms with E-state index in [1.807, 2.05) is 37.6 Å². The zero-order valence-corrected chi connectivity index (χ0v) is 12.2. The van der Waals surface area contributed by atoms with Crippen LogP contribution in [0.4, 0.5) is 0 Å². The average molecular weight is 292 g/mol. The predicted octanol–water partition coefficient (Wildman–Crippen LogP) is 2.90. The van der Waals surface area contributed by atoms with Crippen LogP contribution in [-0.4, -0.2) is 15.8 Å². The molecule has 1 fully saturated rings. The molecule has 1 saturated carbocycles.